The number of hydrogen-bond donors (Lipinski definition) is 1. The third-order valence-electron chi connectivity index (χ3n) is 5.27. The van der Waals surface area contributed by atoms with Gasteiger partial charge in [0.2, 0.25) is 5.88 Å². The van der Waals surface area contributed by atoms with Gasteiger partial charge in [-0.25, -0.2) is 23.0 Å². The predicted octanol–water partition coefficient (Wildman–Crippen LogP) is -5.98. The van der Waals surface area contributed by atoms with Crippen LogP contribution >= 0.6 is 12.0 Å². The van der Waals surface area contributed by atoms with Crippen molar-refractivity contribution in [1.82, 2.24) is 9.80 Å². The minimum atomic E-state index is -4.83. The van der Waals surface area contributed by atoms with Crippen LogP contribution in [0.5, 0.6) is 5.75 Å². The maximum Gasteiger partial charge on any atom is 1.00 e. The Morgan fingerprint density at radius 3 is 2.35 bits per heavy atom. The SMILES string of the molecule is O=C(O)CN1C(=O)C(=CC=C2Oc3c(ccc4ccccc34)N2CS(=O)(=O)[O-])C(=O)N(CSOO[O-])C1=O.[Na+].[Na+]. The zero-order valence-corrected chi connectivity index (χ0v) is 26.5. The van der Waals surface area contributed by atoms with E-state index < -0.39 is 57.8 Å². The fourth-order valence-electron chi connectivity index (χ4n) is 3.73. The van der Waals surface area contributed by atoms with Gasteiger partial charge in [0, 0.05) is 5.39 Å². The number of anilines is 1. The largest absolute Gasteiger partial charge is 1.00 e. The first kappa shape index (κ1) is 34.2. The van der Waals surface area contributed by atoms with E-state index in [1.807, 2.05) is 0 Å². The number of barbiturate groups is 1. The molecule has 0 aliphatic carbocycles. The molecule has 200 valence electrons. The number of nitrogens with zero attached hydrogens (tertiary/aromatic N) is 3. The number of ether oxygens (including phenoxy) is 1. The molecule has 0 spiro atoms. The molecule has 0 bridgehead atoms. The summed E-state index contributed by atoms with van der Waals surface area (Å²) < 4.78 is 44.7. The Hall–Kier alpha value is -2.00. The van der Waals surface area contributed by atoms with Gasteiger partial charge in [-0.3, -0.25) is 24.3 Å². The number of carboxylic acids is 1. The van der Waals surface area contributed by atoms with Crippen molar-refractivity contribution >= 4 is 62.4 Å². The number of fused-ring (bicyclic) bond motifs is 3. The van der Waals surface area contributed by atoms with Crippen LogP contribution in [0, 0.1) is 0 Å². The van der Waals surface area contributed by atoms with E-state index in [9.17, 15) is 37.4 Å². The number of urea groups is 1. The van der Waals surface area contributed by atoms with Crippen LogP contribution in [0.1, 0.15) is 0 Å². The smallest absolute Gasteiger partial charge is 0.747 e. The van der Waals surface area contributed by atoms with Crippen molar-refractivity contribution in [2.24, 2.45) is 0 Å². The molecule has 0 saturated carbocycles. The molecule has 1 N–H and O–H groups in total. The molecule has 15 nitrogen and oxygen atoms in total. The summed E-state index contributed by atoms with van der Waals surface area (Å²) in [6.07, 6.45) is 1.92. The van der Waals surface area contributed by atoms with Gasteiger partial charge in [0.05, 0.1) is 17.7 Å². The number of aliphatic carboxylic acids is 1. The van der Waals surface area contributed by atoms with Crippen molar-refractivity contribution in [2.45, 2.75) is 0 Å². The van der Waals surface area contributed by atoms with Gasteiger partial charge in [0.1, 0.15) is 34.0 Å². The van der Waals surface area contributed by atoms with Gasteiger partial charge in [-0.05, 0) is 23.6 Å². The number of hydrogen-bond acceptors (Lipinski definition) is 13. The quantitative estimate of drug-likeness (QED) is 0.0410. The Labute approximate surface area is 274 Å². The van der Waals surface area contributed by atoms with Gasteiger partial charge < -0.3 is 19.7 Å². The van der Waals surface area contributed by atoms with Gasteiger partial charge in [-0.2, -0.15) is 4.33 Å². The van der Waals surface area contributed by atoms with Gasteiger partial charge >= 0.3 is 71.1 Å². The number of amides is 4. The molecule has 40 heavy (non-hydrogen) atoms. The number of carbonyl (C=O) groups is 4. The van der Waals surface area contributed by atoms with Crippen LogP contribution in [0.2, 0.25) is 0 Å². The number of allylic oxidation sites excluding steroid dienone is 2. The summed E-state index contributed by atoms with van der Waals surface area (Å²) in [5.41, 5.74) is -0.471. The first-order valence-corrected chi connectivity index (χ1v) is 12.8. The van der Waals surface area contributed by atoms with Crippen molar-refractivity contribution in [3.05, 3.63) is 60.0 Å². The third-order valence-corrected chi connectivity index (χ3v) is 6.36. The minimum Gasteiger partial charge on any atom is -0.747 e. The summed E-state index contributed by atoms with van der Waals surface area (Å²) >= 11 is 0.221. The summed E-state index contributed by atoms with van der Waals surface area (Å²) in [5.74, 6) is -5.71. The molecule has 2 heterocycles. The van der Waals surface area contributed by atoms with Crippen LogP contribution in [0.15, 0.2) is 60.0 Å². The Balaban J connectivity index is 0.00000280. The Morgan fingerprint density at radius 1 is 1.02 bits per heavy atom. The Bertz CT molecular complexity index is 1520. The molecular formula is C21H15N3Na2O12S2. The first-order valence-electron chi connectivity index (χ1n) is 10.3. The zero-order chi connectivity index (χ0) is 27.6. The van der Waals surface area contributed by atoms with Crippen LogP contribution in [-0.4, -0.2) is 70.0 Å². The van der Waals surface area contributed by atoms with E-state index in [4.69, 9.17) is 9.84 Å². The van der Waals surface area contributed by atoms with Crippen LogP contribution in [0.3, 0.4) is 0 Å². The molecule has 1 saturated heterocycles. The topological polar surface area (TPSA) is 206 Å². The van der Waals surface area contributed by atoms with E-state index >= 15 is 0 Å². The molecule has 4 rings (SSSR count). The fraction of sp³-hybridized carbons (Fsp3) is 0.143. The molecule has 2 aromatic rings. The maximum atomic E-state index is 12.9. The predicted molar refractivity (Wildman–Crippen MR) is 124 cm³/mol. The number of benzene rings is 2. The van der Waals surface area contributed by atoms with E-state index in [1.165, 1.54) is 6.07 Å². The van der Waals surface area contributed by atoms with Crippen LogP contribution in [0.4, 0.5) is 10.5 Å². The second kappa shape index (κ2) is 14.3. The zero-order valence-electron chi connectivity index (χ0n) is 20.8. The summed E-state index contributed by atoms with van der Waals surface area (Å²) in [6.45, 7) is -1.09. The number of imide groups is 2. The van der Waals surface area contributed by atoms with Gasteiger partial charge in [-0.1, -0.05) is 30.3 Å². The molecule has 2 aliphatic heterocycles. The van der Waals surface area contributed by atoms with Crippen molar-refractivity contribution in [3.8, 4) is 5.75 Å². The first-order chi connectivity index (χ1) is 18.0. The molecule has 0 unspecified atom stereocenters. The molecule has 0 atom stereocenters. The standard InChI is InChI=1S/C21H17N3O12S2.2Na/c25-17(26)9-22-19(27)14(20(28)23(21(22)29)10-37-36-35-30)6-8-16-24(11-38(31,32)33)15-7-5-12-3-1-2-4-13(12)18(15)34-16;;/h1-8,30H,9-11H2,(H,25,26)(H,31,32,33);;/q;2*+1/p-2. The summed E-state index contributed by atoms with van der Waals surface area (Å²) in [4.78, 5) is 51.2. The number of carbonyl (C=O) groups excluding carboxylic acids is 3. The summed E-state index contributed by atoms with van der Waals surface area (Å²) in [7, 11) is -4.83. The molecule has 0 radical (unpaired) electrons. The monoisotopic (exact) mass is 611 g/mol. The van der Waals surface area contributed by atoms with Crippen LogP contribution in [-0.2, 0) is 33.9 Å². The molecule has 4 amide bonds. The number of rotatable bonds is 9. The van der Waals surface area contributed by atoms with Crippen LogP contribution in [0.25, 0.3) is 10.8 Å². The van der Waals surface area contributed by atoms with Crippen LogP contribution < -0.4 is 74.0 Å². The molecular weight excluding hydrogens is 596 g/mol. The molecule has 2 aliphatic rings. The molecule has 2 aromatic carbocycles. The average Bonchev–Trinajstić information content (AvgIpc) is 3.20. The van der Waals surface area contributed by atoms with E-state index in [0.29, 0.717) is 10.3 Å². The minimum absolute atomic E-state index is 0. The van der Waals surface area contributed by atoms with E-state index in [1.54, 1.807) is 30.3 Å². The summed E-state index contributed by atoms with van der Waals surface area (Å²) in [5, 5.41) is 23.6. The number of carboxylic acid groups (broad SMARTS) is 1. The average molecular weight is 611 g/mol. The normalized spacial score (nSPS) is 17.1. The molecule has 19 heteroatoms. The van der Waals surface area contributed by atoms with E-state index in [-0.39, 0.29) is 93.4 Å². The van der Waals surface area contributed by atoms with Gasteiger partial charge in [0.25, 0.3) is 11.8 Å². The Kier molecular flexibility index (Phi) is 12.2. The fourth-order valence-corrected chi connectivity index (χ4v) is 4.72. The second-order valence-electron chi connectivity index (χ2n) is 7.62. The third kappa shape index (κ3) is 7.44. The molecule has 1 fully saturated rings. The van der Waals surface area contributed by atoms with Gasteiger partial charge in [0.15, 0.2) is 5.75 Å². The van der Waals surface area contributed by atoms with E-state index in [0.717, 1.165) is 22.4 Å². The van der Waals surface area contributed by atoms with Crippen molar-refractivity contribution in [3.63, 3.8) is 0 Å². The van der Waals surface area contributed by atoms with Crippen molar-refractivity contribution in [2.75, 3.05) is 23.2 Å². The molecule has 0 aromatic heterocycles. The Morgan fingerprint density at radius 2 is 1.70 bits per heavy atom. The van der Waals surface area contributed by atoms with Crippen molar-refractivity contribution < 1.29 is 116 Å². The van der Waals surface area contributed by atoms with E-state index in [2.05, 4.69) is 9.37 Å². The maximum absolute atomic E-state index is 12.9. The van der Waals surface area contributed by atoms with Gasteiger partial charge in [-0.15, -0.1) is 0 Å². The summed E-state index contributed by atoms with van der Waals surface area (Å²) in [6, 6.07) is 8.88. The second-order valence-corrected chi connectivity index (χ2v) is 9.62. The van der Waals surface area contributed by atoms with Crippen molar-refractivity contribution in [1.29, 1.82) is 0 Å².